The van der Waals surface area contributed by atoms with Gasteiger partial charge in [0.15, 0.2) is 17.3 Å². The maximum Gasteiger partial charge on any atom is 0.233 e. The summed E-state index contributed by atoms with van der Waals surface area (Å²) < 4.78 is 10.7. The van der Waals surface area contributed by atoms with Crippen LogP contribution in [0.4, 0.5) is 0 Å². The van der Waals surface area contributed by atoms with E-state index >= 15 is 0 Å². The van der Waals surface area contributed by atoms with Crippen molar-refractivity contribution in [2.75, 3.05) is 19.1 Å². The molecular formula is C21H21N3O4S. The second-order valence-electron chi connectivity index (χ2n) is 6.53. The summed E-state index contributed by atoms with van der Waals surface area (Å²) in [6, 6.07) is 9.24. The second-order valence-corrected chi connectivity index (χ2v) is 7.49. The molecule has 8 heteroatoms. The van der Waals surface area contributed by atoms with Crippen LogP contribution in [-0.2, 0) is 11.3 Å². The lowest BCUT2D eigenvalue weighted by atomic mass is 10.1. The molecule has 0 aliphatic carbocycles. The first-order chi connectivity index (χ1) is 13.9. The molecule has 0 saturated heterocycles. The number of nitriles is 1. The summed E-state index contributed by atoms with van der Waals surface area (Å²) in [4.78, 5) is 30.5. The molecule has 0 atom stereocenters. The van der Waals surface area contributed by atoms with Gasteiger partial charge in [-0.1, -0.05) is 17.8 Å². The normalized spacial score (nSPS) is 11.8. The number of benzene rings is 1. The average Bonchev–Trinajstić information content (AvgIpc) is 3.17. The SMILES string of the molecule is CCN(Cc1ccc2c(c1)OCO2)C(=O)CSc1nc(C)c(C(C)=O)cc1C#N. The Morgan fingerprint density at radius 1 is 1.28 bits per heavy atom. The van der Waals surface area contributed by atoms with E-state index in [4.69, 9.17) is 9.47 Å². The topological polar surface area (TPSA) is 92.5 Å². The lowest BCUT2D eigenvalue weighted by Crippen LogP contribution is -2.31. The first kappa shape index (κ1) is 20.7. The molecule has 0 radical (unpaired) electrons. The van der Waals surface area contributed by atoms with Gasteiger partial charge in [0, 0.05) is 24.3 Å². The molecule has 29 heavy (non-hydrogen) atoms. The van der Waals surface area contributed by atoms with Crippen LogP contribution < -0.4 is 9.47 Å². The van der Waals surface area contributed by atoms with Gasteiger partial charge in [0.1, 0.15) is 11.1 Å². The number of hydrogen-bond donors (Lipinski definition) is 0. The lowest BCUT2D eigenvalue weighted by Gasteiger charge is -2.21. The van der Waals surface area contributed by atoms with Crippen LogP contribution in [0, 0.1) is 18.3 Å². The summed E-state index contributed by atoms with van der Waals surface area (Å²) in [6.07, 6.45) is 0. The van der Waals surface area contributed by atoms with E-state index in [1.807, 2.05) is 25.1 Å². The van der Waals surface area contributed by atoms with Gasteiger partial charge >= 0.3 is 0 Å². The Morgan fingerprint density at radius 2 is 2.03 bits per heavy atom. The number of Topliss-reactive ketones (excluding diaryl/α,β-unsaturated/α-hetero) is 1. The van der Waals surface area contributed by atoms with Crippen molar-refractivity contribution in [1.29, 1.82) is 5.26 Å². The Kier molecular flexibility index (Phi) is 6.39. The van der Waals surface area contributed by atoms with Crippen LogP contribution in [0.25, 0.3) is 0 Å². The minimum Gasteiger partial charge on any atom is -0.454 e. The molecule has 7 nitrogen and oxygen atoms in total. The number of ketones is 1. The number of fused-ring (bicyclic) bond motifs is 1. The molecule has 2 heterocycles. The highest BCUT2D eigenvalue weighted by Crippen LogP contribution is 2.33. The maximum atomic E-state index is 12.7. The Bertz CT molecular complexity index is 1000. The number of nitrogens with zero attached hydrogens (tertiary/aromatic N) is 3. The number of rotatable bonds is 7. The fourth-order valence-corrected chi connectivity index (χ4v) is 3.89. The van der Waals surface area contributed by atoms with Gasteiger partial charge in [0.25, 0.3) is 0 Å². The number of pyridine rings is 1. The quantitative estimate of drug-likeness (QED) is 0.510. The molecule has 0 fully saturated rings. The largest absolute Gasteiger partial charge is 0.454 e. The number of hydrogen-bond acceptors (Lipinski definition) is 7. The van der Waals surface area contributed by atoms with Gasteiger partial charge in [0.05, 0.1) is 11.3 Å². The molecular weight excluding hydrogens is 390 g/mol. The maximum absolute atomic E-state index is 12.7. The van der Waals surface area contributed by atoms with Crippen LogP contribution in [0.1, 0.15) is 41.0 Å². The molecule has 150 valence electrons. The predicted molar refractivity (Wildman–Crippen MR) is 108 cm³/mol. The molecule has 1 aliphatic rings. The molecule has 0 bridgehead atoms. The summed E-state index contributed by atoms with van der Waals surface area (Å²) >= 11 is 1.21. The van der Waals surface area contributed by atoms with E-state index in [9.17, 15) is 14.9 Å². The second kappa shape index (κ2) is 8.97. The number of aromatic nitrogens is 1. The summed E-state index contributed by atoms with van der Waals surface area (Å²) in [5.74, 6) is 1.34. The Labute approximate surface area is 173 Å². The highest BCUT2D eigenvalue weighted by atomic mass is 32.2. The van der Waals surface area contributed by atoms with Crippen molar-refractivity contribution in [2.24, 2.45) is 0 Å². The van der Waals surface area contributed by atoms with Crippen LogP contribution in [0.15, 0.2) is 29.3 Å². The van der Waals surface area contributed by atoms with Crippen molar-refractivity contribution in [3.05, 3.63) is 46.6 Å². The third-order valence-electron chi connectivity index (χ3n) is 4.56. The van der Waals surface area contributed by atoms with Gasteiger partial charge < -0.3 is 14.4 Å². The average molecular weight is 411 g/mol. The number of carbonyl (C=O) groups excluding carboxylic acids is 2. The Morgan fingerprint density at radius 3 is 2.72 bits per heavy atom. The van der Waals surface area contributed by atoms with Crippen LogP contribution in [0.2, 0.25) is 0 Å². The lowest BCUT2D eigenvalue weighted by molar-refractivity contribution is -0.128. The van der Waals surface area contributed by atoms with Crippen LogP contribution >= 0.6 is 11.8 Å². The summed E-state index contributed by atoms with van der Waals surface area (Å²) in [5, 5.41) is 9.84. The van der Waals surface area contributed by atoms with Gasteiger partial charge in [-0.25, -0.2) is 4.98 Å². The third-order valence-corrected chi connectivity index (χ3v) is 5.53. The van der Waals surface area contributed by atoms with E-state index in [-0.39, 0.29) is 24.2 Å². The van der Waals surface area contributed by atoms with Crippen LogP contribution in [0.3, 0.4) is 0 Å². The smallest absolute Gasteiger partial charge is 0.233 e. The van der Waals surface area contributed by atoms with E-state index in [1.54, 1.807) is 17.9 Å². The van der Waals surface area contributed by atoms with E-state index < -0.39 is 0 Å². The zero-order valence-corrected chi connectivity index (χ0v) is 17.3. The predicted octanol–water partition coefficient (Wildman–Crippen LogP) is 3.33. The molecule has 0 unspecified atom stereocenters. The molecule has 1 aromatic heterocycles. The van der Waals surface area contributed by atoms with Gasteiger partial charge in [0.2, 0.25) is 12.7 Å². The van der Waals surface area contributed by atoms with E-state index in [0.717, 1.165) is 5.56 Å². The number of carbonyl (C=O) groups is 2. The first-order valence-corrected chi connectivity index (χ1v) is 10.1. The monoisotopic (exact) mass is 411 g/mol. The molecule has 1 aliphatic heterocycles. The molecule has 0 saturated carbocycles. The molecule has 1 aromatic carbocycles. The van der Waals surface area contributed by atoms with Crippen LogP contribution in [-0.4, -0.2) is 40.7 Å². The number of thioether (sulfide) groups is 1. The fourth-order valence-electron chi connectivity index (χ4n) is 2.99. The Balaban J connectivity index is 1.68. The molecule has 0 spiro atoms. The van der Waals surface area contributed by atoms with Crippen molar-refractivity contribution >= 4 is 23.5 Å². The summed E-state index contributed by atoms with van der Waals surface area (Å²) in [6.45, 7) is 6.29. The number of ether oxygens (including phenoxy) is 2. The Hall–Kier alpha value is -3.05. The molecule has 3 rings (SSSR count). The minimum absolute atomic E-state index is 0.0610. The highest BCUT2D eigenvalue weighted by Gasteiger charge is 2.19. The summed E-state index contributed by atoms with van der Waals surface area (Å²) in [5.41, 5.74) is 2.23. The van der Waals surface area contributed by atoms with Crippen molar-refractivity contribution in [2.45, 2.75) is 32.3 Å². The van der Waals surface area contributed by atoms with Gasteiger partial charge in [-0.05, 0) is 44.5 Å². The highest BCUT2D eigenvalue weighted by molar-refractivity contribution is 8.00. The molecule has 1 amide bonds. The van der Waals surface area contributed by atoms with E-state index in [1.165, 1.54) is 18.7 Å². The minimum atomic E-state index is -0.139. The van der Waals surface area contributed by atoms with Gasteiger partial charge in [-0.2, -0.15) is 5.26 Å². The van der Waals surface area contributed by atoms with Crippen molar-refractivity contribution in [3.8, 4) is 17.6 Å². The van der Waals surface area contributed by atoms with Crippen molar-refractivity contribution in [1.82, 2.24) is 9.88 Å². The molecule has 2 aromatic rings. The van der Waals surface area contributed by atoms with Gasteiger partial charge in [-0.15, -0.1) is 0 Å². The van der Waals surface area contributed by atoms with E-state index in [2.05, 4.69) is 11.1 Å². The van der Waals surface area contributed by atoms with E-state index in [0.29, 0.717) is 46.4 Å². The van der Waals surface area contributed by atoms with Crippen LogP contribution in [0.5, 0.6) is 11.5 Å². The third kappa shape index (κ3) is 4.69. The molecule has 0 N–H and O–H groups in total. The van der Waals surface area contributed by atoms with Crippen molar-refractivity contribution < 1.29 is 19.1 Å². The zero-order chi connectivity index (χ0) is 21.0. The first-order valence-electron chi connectivity index (χ1n) is 9.14. The van der Waals surface area contributed by atoms with Gasteiger partial charge in [-0.3, -0.25) is 9.59 Å². The number of aryl methyl sites for hydroxylation is 1. The van der Waals surface area contributed by atoms with Crippen molar-refractivity contribution in [3.63, 3.8) is 0 Å². The zero-order valence-electron chi connectivity index (χ0n) is 16.5. The number of amides is 1. The fraction of sp³-hybridized carbons (Fsp3) is 0.333. The summed E-state index contributed by atoms with van der Waals surface area (Å²) in [7, 11) is 0. The standard InChI is InChI=1S/C21H21N3O4S/c1-4-24(10-15-5-6-18-19(7-15)28-12-27-18)20(26)11-29-21-16(9-22)8-17(14(3)25)13(2)23-21/h5-8H,4,10-12H2,1-3H3.